The fourth-order valence-corrected chi connectivity index (χ4v) is 12.2. The number of anilines is 6. The topological polar surface area (TPSA) is 24.9 Å². The Bertz CT molecular complexity index is 4190. The summed E-state index contributed by atoms with van der Waals surface area (Å²) in [5, 5.41) is 7.06. The van der Waals surface area contributed by atoms with Crippen molar-refractivity contribution in [2.24, 2.45) is 0 Å². The Labute approximate surface area is 424 Å². The standard InChI is InChI=1S/C69H46N2O2/c1-69(2)57-21-6-5-20-51(57)52-35-32-46(40-58(52)69)45-18-15-19-47(39-45)67-53-36-33-50(71-61-24-9-13-28-65(61)73-66-29-14-10-25-62(66)71)42-56(53)68(48-31-30-43-16-3-4-17-44(43)38-48)54-37-34-49(41-55(54)67)70-59-22-7-11-26-63(59)72-64-27-12-8-23-60(64)70/h3-42H,1-2H3. The predicted octanol–water partition coefficient (Wildman–Crippen LogP) is 19.6. The third-order valence-electron chi connectivity index (χ3n) is 15.6. The first-order valence-corrected chi connectivity index (χ1v) is 25.1. The zero-order valence-electron chi connectivity index (χ0n) is 40.3. The van der Waals surface area contributed by atoms with E-state index in [0.29, 0.717) is 0 Å². The van der Waals surface area contributed by atoms with E-state index in [-0.39, 0.29) is 5.41 Å². The van der Waals surface area contributed by atoms with Crippen molar-refractivity contribution in [2.45, 2.75) is 19.3 Å². The van der Waals surface area contributed by atoms with Crippen LogP contribution in [0.1, 0.15) is 25.0 Å². The van der Waals surface area contributed by atoms with Crippen LogP contribution in [0.5, 0.6) is 23.0 Å². The van der Waals surface area contributed by atoms with Gasteiger partial charge in [-0.25, -0.2) is 0 Å². The molecule has 0 spiro atoms. The van der Waals surface area contributed by atoms with Crippen LogP contribution in [0.15, 0.2) is 243 Å². The quantitative estimate of drug-likeness (QED) is 0.161. The van der Waals surface area contributed by atoms with Crippen LogP contribution in [0.2, 0.25) is 0 Å². The van der Waals surface area contributed by atoms with E-state index in [1.807, 2.05) is 24.3 Å². The van der Waals surface area contributed by atoms with Crippen molar-refractivity contribution >= 4 is 66.4 Å². The van der Waals surface area contributed by atoms with Gasteiger partial charge in [0.15, 0.2) is 23.0 Å². The van der Waals surface area contributed by atoms with E-state index in [0.717, 1.165) is 84.4 Å². The Balaban J connectivity index is 1.02. The minimum absolute atomic E-state index is 0.114. The monoisotopic (exact) mass is 934 g/mol. The summed E-state index contributed by atoms with van der Waals surface area (Å²) in [6.07, 6.45) is 0. The van der Waals surface area contributed by atoms with Crippen LogP contribution in [-0.4, -0.2) is 0 Å². The van der Waals surface area contributed by atoms with Crippen LogP contribution >= 0.6 is 0 Å². The first kappa shape index (κ1) is 41.4. The molecule has 0 amide bonds. The Morgan fingerprint density at radius 1 is 0.301 bits per heavy atom. The highest BCUT2D eigenvalue weighted by molar-refractivity contribution is 6.23. The average molecular weight is 935 g/mol. The van der Waals surface area contributed by atoms with Crippen LogP contribution in [0.25, 0.3) is 76.8 Å². The van der Waals surface area contributed by atoms with Gasteiger partial charge in [-0.3, -0.25) is 0 Å². The average Bonchev–Trinajstić information content (AvgIpc) is 3.67. The zero-order chi connectivity index (χ0) is 48.4. The van der Waals surface area contributed by atoms with Crippen LogP contribution in [0.3, 0.4) is 0 Å². The summed E-state index contributed by atoms with van der Waals surface area (Å²) in [6.45, 7) is 4.72. The highest BCUT2D eigenvalue weighted by atomic mass is 16.5. The SMILES string of the molecule is CC1(C)c2ccccc2-c2ccc(-c3cccc(-c4c5ccc(N6c7ccccc7Oc7ccccc76)cc5c(-c5ccc6ccccc6c5)c5ccc(N6c7ccccc7Oc7ccccc76)cc45)c3)cc21. The molecule has 0 fully saturated rings. The Kier molecular flexibility index (Phi) is 8.97. The molecule has 12 aromatic rings. The summed E-state index contributed by atoms with van der Waals surface area (Å²) in [5.74, 6) is 3.29. The van der Waals surface area contributed by atoms with Gasteiger partial charge in [-0.1, -0.05) is 166 Å². The molecule has 2 aliphatic heterocycles. The lowest BCUT2D eigenvalue weighted by molar-refractivity contribution is 0.477. The highest BCUT2D eigenvalue weighted by Crippen LogP contribution is 2.56. The van der Waals surface area contributed by atoms with Gasteiger partial charge >= 0.3 is 0 Å². The fourth-order valence-electron chi connectivity index (χ4n) is 12.2. The van der Waals surface area contributed by atoms with Gasteiger partial charge in [0.25, 0.3) is 0 Å². The van der Waals surface area contributed by atoms with Crippen molar-refractivity contribution in [3.05, 3.63) is 254 Å². The second kappa shape index (κ2) is 15.8. The van der Waals surface area contributed by atoms with Gasteiger partial charge in [0.1, 0.15) is 0 Å². The number of rotatable bonds is 5. The summed E-state index contributed by atoms with van der Waals surface area (Å²) >= 11 is 0. The van der Waals surface area contributed by atoms with E-state index in [9.17, 15) is 0 Å². The van der Waals surface area contributed by atoms with Crippen molar-refractivity contribution in [1.29, 1.82) is 0 Å². The number of ether oxygens (including phenoxy) is 2. The van der Waals surface area contributed by atoms with E-state index in [4.69, 9.17) is 9.47 Å². The molecule has 12 aromatic carbocycles. The summed E-state index contributed by atoms with van der Waals surface area (Å²) < 4.78 is 13.1. The summed E-state index contributed by atoms with van der Waals surface area (Å²) in [4.78, 5) is 4.71. The van der Waals surface area contributed by atoms with Gasteiger partial charge in [0.05, 0.1) is 22.7 Å². The first-order valence-electron chi connectivity index (χ1n) is 25.1. The smallest absolute Gasteiger partial charge is 0.151 e. The Hall–Kier alpha value is -9.38. The normalized spacial score (nSPS) is 13.6. The van der Waals surface area contributed by atoms with Crippen molar-refractivity contribution < 1.29 is 9.47 Å². The maximum absolute atomic E-state index is 6.55. The number of hydrogen-bond donors (Lipinski definition) is 0. The third kappa shape index (κ3) is 6.33. The van der Waals surface area contributed by atoms with E-state index < -0.39 is 0 Å². The lowest BCUT2D eigenvalue weighted by Gasteiger charge is -2.33. The number of fused-ring (bicyclic) bond motifs is 10. The maximum atomic E-state index is 6.55. The van der Waals surface area contributed by atoms with Crippen LogP contribution in [0.4, 0.5) is 34.1 Å². The van der Waals surface area contributed by atoms with Gasteiger partial charge < -0.3 is 19.3 Å². The van der Waals surface area contributed by atoms with Gasteiger partial charge in [0, 0.05) is 16.8 Å². The van der Waals surface area contributed by atoms with Crippen molar-refractivity contribution in [2.75, 3.05) is 9.80 Å². The molecular formula is C69H46N2O2. The van der Waals surface area contributed by atoms with Crippen molar-refractivity contribution in [1.82, 2.24) is 0 Å². The van der Waals surface area contributed by atoms with Crippen molar-refractivity contribution in [3.63, 3.8) is 0 Å². The predicted molar refractivity (Wildman–Crippen MR) is 302 cm³/mol. The second-order valence-electron chi connectivity index (χ2n) is 20.0. The van der Waals surface area contributed by atoms with E-state index in [2.05, 4.69) is 242 Å². The third-order valence-corrected chi connectivity index (χ3v) is 15.6. The molecule has 0 atom stereocenters. The second-order valence-corrected chi connectivity index (χ2v) is 20.0. The lowest BCUT2D eigenvalue weighted by Crippen LogP contribution is -2.16. The molecule has 0 bridgehead atoms. The fraction of sp³-hybridized carbons (Fsp3) is 0.0435. The Morgan fingerprint density at radius 3 is 1.34 bits per heavy atom. The van der Waals surface area contributed by atoms with Gasteiger partial charge in [-0.05, 0) is 179 Å². The number of benzene rings is 12. The van der Waals surface area contributed by atoms with Crippen molar-refractivity contribution in [3.8, 4) is 67.5 Å². The van der Waals surface area contributed by atoms with Crippen LogP contribution < -0.4 is 19.3 Å². The molecule has 0 N–H and O–H groups in total. The molecule has 0 saturated heterocycles. The molecule has 4 heteroatoms. The summed E-state index contributed by atoms with van der Waals surface area (Å²) in [5.41, 5.74) is 18.4. The molecule has 344 valence electrons. The lowest BCUT2D eigenvalue weighted by atomic mass is 9.81. The molecule has 15 rings (SSSR count). The van der Waals surface area contributed by atoms with E-state index >= 15 is 0 Å². The molecule has 73 heavy (non-hydrogen) atoms. The zero-order valence-corrected chi connectivity index (χ0v) is 40.3. The number of para-hydroxylation sites is 8. The van der Waals surface area contributed by atoms with E-state index in [1.165, 1.54) is 60.7 Å². The molecule has 4 nitrogen and oxygen atoms in total. The maximum Gasteiger partial charge on any atom is 0.151 e. The Morgan fingerprint density at radius 2 is 0.753 bits per heavy atom. The molecule has 0 saturated carbocycles. The summed E-state index contributed by atoms with van der Waals surface area (Å²) in [7, 11) is 0. The number of nitrogens with zero attached hydrogens (tertiary/aromatic N) is 2. The van der Waals surface area contributed by atoms with Gasteiger partial charge in [-0.2, -0.15) is 0 Å². The van der Waals surface area contributed by atoms with Crippen LogP contribution in [-0.2, 0) is 5.41 Å². The minimum atomic E-state index is -0.114. The molecule has 2 heterocycles. The number of hydrogen-bond acceptors (Lipinski definition) is 4. The van der Waals surface area contributed by atoms with E-state index in [1.54, 1.807) is 0 Å². The molecule has 3 aliphatic rings. The summed E-state index contributed by atoms with van der Waals surface area (Å²) in [6, 6.07) is 88.3. The molecule has 0 aromatic heterocycles. The molecule has 0 unspecified atom stereocenters. The highest BCUT2D eigenvalue weighted by Gasteiger charge is 2.35. The van der Waals surface area contributed by atoms with Gasteiger partial charge in [-0.15, -0.1) is 0 Å². The minimum Gasteiger partial charge on any atom is -0.453 e. The van der Waals surface area contributed by atoms with Gasteiger partial charge in [0.2, 0.25) is 0 Å². The molecule has 0 radical (unpaired) electrons. The molecular weight excluding hydrogens is 889 g/mol. The molecule has 1 aliphatic carbocycles. The van der Waals surface area contributed by atoms with Crippen LogP contribution in [0, 0.1) is 0 Å². The largest absolute Gasteiger partial charge is 0.453 e. The first-order chi connectivity index (χ1) is 35.9.